The van der Waals surface area contributed by atoms with Gasteiger partial charge in [-0.1, -0.05) is 6.07 Å². The summed E-state index contributed by atoms with van der Waals surface area (Å²) in [6.45, 7) is 5.51. The molecule has 3 heterocycles. The minimum absolute atomic E-state index is 0.0306. The molecule has 0 aromatic carbocycles. The average molecular weight is 375 g/mol. The summed E-state index contributed by atoms with van der Waals surface area (Å²) in [5.74, 6) is -0.224. The number of nitrogens with two attached hydrogens (primary N) is 1. The monoisotopic (exact) mass is 375 g/mol. The molecule has 0 radical (unpaired) electrons. The first-order valence-electron chi connectivity index (χ1n) is 8.89. The number of aromatic nitrogens is 2. The van der Waals surface area contributed by atoms with Crippen molar-refractivity contribution >= 4 is 23.2 Å². The largest absolute Gasteiger partial charge is 0.341 e. The lowest BCUT2D eigenvalue weighted by Crippen LogP contribution is -2.48. The average Bonchev–Trinajstić information content (AvgIpc) is 3.34. The fourth-order valence-corrected chi connectivity index (χ4v) is 4.11. The van der Waals surface area contributed by atoms with Crippen LogP contribution in [-0.4, -0.2) is 63.1 Å². The summed E-state index contributed by atoms with van der Waals surface area (Å²) < 4.78 is 1.58. The highest BCUT2D eigenvalue weighted by atomic mass is 32.1. The molecule has 0 bridgehead atoms. The van der Waals surface area contributed by atoms with Gasteiger partial charge in [0.25, 0.3) is 5.91 Å². The van der Waals surface area contributed by atoms with Gasteiger partial charge in [0.1, 0.15) is 17.4 Å². The lowest BCUT2D eigenvalue weighted by atomic mass is 10.1. The maximum atomic E-state index is 13.2. The molecule has 2 aromatic rings. The van der Waals surface area contributed by atoms with Crippen LogP contribution in [0.25, 0.3) is 10.6 Å². The lowest BCUT2D eigenvalue weighted by molar-refractivity contribution is -0.134. The number of hydrogen-bond donors (Lipinski definition) is 1. The molecule has 0 unspecified atom stereocenters. The molecule has 1 aliphatic heterocycles. The van der Waals surface area contributed by atoms with Crippen LogP contribution >= 0.6 is 11.3 Å². The molecular formula is C18H25N5O2S. The summed E-state index contributed by atoms with van der Waals surface area (Å²) in [5, 5.41) is 6.43. The topological polar surface area (TPSA) is 84.5 Å². The van der Waals surface area contributed by atoms with E-state index in [-0.39, 0.29) is 17.9 Å². The highest BCUT2D eigenvalue weighted by Gasteiger charge is 2.40. The van der Waals surface area contributed by atoms with Gasteiger partial charge in [0, 0.05) is 32.7 Å². The number of carbonyl (C=O) groups is 2. The third kappa shape index (κ3) is 3.39. The molecule has 1 aliphatic rings. The Balaban J connectivity index is 1.87. The third-order valence-electron chi connectivity index (χ3n) is 4.83. The van der Waals surface area contributed by atoms with Gasteiger partial charge >= 0.3 is 0 Å². The predicted molar refractivity (Wildman–Crippen MR) is 102 cm³/mol. The highest BCUT2D eigenvalue weighted by molar-refractivity contribution is 7.13. The molecule has 0 saturated carbocycles. The molecule has 2 aromatic heterocycles. The van der Waals surface area contributed by atoms with Crippen molar-refractivity contribution in [3.63, 3.8) is 0 Å². The van der Waals surface area contributed by atoms with Crippen molar-refractivity contribution in [2.45, 2.75) is 32.4 Å². The molecule has 0 aliphatic carbocycles. The van der Waals surface area contributed by atoms with Crippen LogP contribution in [0.2, 0.25) is 0 Å². The number of nitrogens with zero attached hydrogens (tertiary/aromatic N) is 4. The summed E-state index contributed by atoms with van der Waals surface area (Å²) in [6.07, 6.45) is 0.497. The summed E-state index contributed by atoms with van der Waals surface area (Å²) in [5.41, 5.74) is 7.32. The third-order valence-corrected chi connectivity index (χ3v) is 5.72. The van der Waals surface area contributed by atoms with Crippen molar-refractivity contribution in [1.29, 1.82) is 0 Å². The van der Waals surface area contributed by atoms with Gasteiger partial charge in [-0.2, -0.15) is 5.10 Å². The number of rotatable bonds is 5. The zero-order valence-electron chi connectivity index (χ0n) is 15.4. The van der Waals surface area contributed by atoms with Crippen molar-refractivity contribution in [2.75, 3.05) is 19.6 Å². The predicted octanol–water partition coefficient (Wildman–Crippen LogP) is 1.56. The Labute approximate surface area is 157 Å². The standard InChI is InChI=1S/C18H25N5O2S/c1-4-22(5-2)17(24)15-9-12(19)11-23(15)18(25)14-10-13(20-21(14)3)16-7-6-8-26-16/h6-8,10,12,15H,4-5,9,11,19H2,1-3H3/t12-,15-/m0/s1. The second kappa shape index (κ2) is 7.59. The Kier molecular flexibility index (Phi) is 5.43. The Morgan fingerprint density at radius 1 is 1.38 bits per heavy atom. The van der Waals surface area contributed by atoms with E-state index in [0.29, 0.717) is 31.7 Å². The second-order valence-electron chi connectivity index (χ2n) is 6.50. The van der Waals surface area contributed by atoms with Crippen molar-refractivity contribution in [2.24, 2.45) is 12.8 Å². The molecule has 26 heavy (non-hydrogen) atoms. The van der Waals surface area contributed by atoms with Gasteiger partial charge in [-0.25, -0.2) is 0 Å². The number of likely N-dealkylation sites (N-methyl/N-ethyl adjacent to an activating group) is 1. The van der Waals surface area contributed by atoms with Crippen LogP contribution in [0.5, 0.6) is 0 Å². The van der Waals surface area contributed by atoms with E-state index in [1.807, 2.05) is 31.4 Å². The van der Waals surface area contributed by atoms with E-state index in [4.69, 9.17) is 5.73 Å². The Morgan fingerprint density at radius 3 is 2.73 bits per heavy atom. The number of likely N-dealkylation sites (tertiary alicyclic amines) is 1. The van der Waals surface area contributed by atoms with Crippen molar-refractivity contribution in [3.8, 4) is 10.6 Å². The number of aryl methyl sites for hydroxylation is 1. The lowest BCUT2D eigenvalue weighted by Gasteiger charge is -2.28. The Bertz CT molecular complexity index is 782. The van der Waals surface area contributed by atoms with Crippen LogP contribution in [-0.2, 0) is 11.8 Å². The molecule has 140 valence electrons. The number of thiophene rings is 1. The molecule has 0 spiro atoms. The second-order valence-corrected chi connectivity index (χ2v) is 7.44. The first-order chi connectivity index (χ1) is 12.5. The van der Waals surface area contributed by atoms with E-state index in [1.165, 1.54) is 0 Å². The van der Waals surface area contributed by atoms with Crippen molar-refractivity contribution in [3.05, 3.63) is 29.3 Å². The highest BCUT2D eigenvalue weighted by Crippen LogP contribution is 2.26. The van der Waals surface area contributed by atoms with Crippen LogP contribution < -0.4 is 5.73 Å². The maximum Gasteiger partial charge on any atom is 0.272 e. The molecule has 1 saturated heterocycles. The van der Waals surface area contributed by atoms with Crippen LogP contribution in [0, 0.1) is 0 Å². The van der Waals surface area contributed by atoms with Crippen LogP contribution in [0.15, 0.2) is 23.6 Å². The van der Waals surface area contributed by atoms with Gasteiger partial charge in [-0.05, 0) is 37.8 Å². The maximum absolute atomic E-state index is 13.2. The quantitative estimate of drug-likeness (QED) is 0.859. The molecule has 2 amide bonds. The molecule has 1 fully saturated rings. The van der Waals surface area contributed by atoms with Crippen molar-refractivity contribution < 1.29 is 9.59 Å². The normalized spacial score (nSPS) is 19.8. The van der Waals surface area contributed by atoms with Gasteiger partial charge < -0.3 is 15.5 Å². The first kappa shape index (κ1) is 18.6. The van der Waals surface area contributed by atoms with Crippen LogP contribution in [0.3, 0.4) is 0 Å². The van der Waals surface area contributed by atoms with Crippen LogP contribution in [0.1, 0.15) is 30.8 Å². The van der Waals surface area contributed by atoms with Crippen molar-refractivity contribution in [1.82, 2.24) is 19.6 Å². The first-order valence-corrected chi connectivity index (χ1v) is 9.77. The summed E-state index contributed by atoms with van der Waals surface area (Å²) >= 11 is 1.58. The zero-order chi connectivity index (χ0) is 18.8. The molecule has 3 rings (SSSR count). The minimum Gasteiger partial charge on any atom is -0.341 e. The van der Waals surface area contributed by atoms with E-state index < -0.39 is 6.04 Å². The summed E-state index contributed by atoms with van der Waals surface area (Å²) in [7, 11) is 1.75. The van der Waals surface area contributed by atoms with Gasteiger partial charge in [-0.15, -0.1) is 11.3 Å². The molecule has 8 heteroatoms. The summed E-state index contributed by atoms with van der Waals surface area (Å²) in [4.78, 5) is 30.4. The van der Waals surface area contributed by atoms with Gasteiger partial charge in [0.2, 0.25) is 5.91 Å². The number of carbonyl (C=O) groups excluding carboxylic acids is 2. The molecule has 2 atom stereocenters. The van der Waals surface area contributed by atoms with Gasteiger partial charge in [-0.3, -0.25) is 14.3 Å². The molecule has 7 nitrogen and oxygen atoms in total. The molecule has 2 N–H and O–H groups in total. The van der Waals surface area contributed by atoms with E-state index in [0.717, 1.165) is 10.6 Å². The van der Waals surface area contributed by atoms with E-state index in [9.17, 15) is 9.59 Å². The number of hydrogen-bond acceptors (Lipinski definition) is 5. The smallest absolute Gasteiger partial charge is 0.272 e. The van der Waals surface area contributed by atoms with Gasteiger partial charge in [0.05, 0.1) is 4.88 Å². The minimum atomic E-state index is -0.502. The summed E-state index contributed by atoms with van der Waals surface area (Å²) in [6, 6.07) is 5.02. The number of amides is 2. The van der Waals surface area contributed by atoms with E-state index in [1.54, 1.807) is 38.9 Å². The van der Waals surface area contributed by atoms with Gasteiger partial charge in [0.15, 0.2) is 0 Å². The fraction of sp³-hybridized carbons (Fsp3) is 0.500. The van der Waals surface area contributed by atoms with E-state index in [2.05, 4.69) is 5.10 Å². The van der Waals surface area contributed by atoms with E-state index >= 15 is 0 Å². The fourth-order valence-electron chi connectivity index (χ4n) is 3.43. The zero-order valence-corrected chi connectivity index (χ0v) is 16.2. The van der Waals surface area contributed by atoms with Crippen LogP contribution in [0.4, 0.5) is 0 Å². The SMILES string of the molecule is CCN(CC)C(=O)[C@@H]1C[C@H](N)CN1C(=O)c1cc(-c2cccs2)nn1C. The Morgan fingerprint density at radius 2 is 2.12 bits per heavy atom. The Hall–Kier alpha value is -2.19. The molecular weight excluding hydrogens is 350 g/mol.